The van der Waals surface area contributed by atoms with Crippen LogP contribution in [0.2, 0.25) is 0 Å². The molecular weight excluding hydrogens is 194 g/mol. The zero-order valence-electron chi connectivity index (χ0n) is 6.94. The first-order chi connectivity index (χ1) is 6.16. The highest BCUT2D eigenvalue weighted by Gasteiger charge is 2.34. The van der Waals surface area contributed by atoms with Crippen molar-refractivity contribution in [3.05, 3.63) is 11.6 Å². The minimum atomic E-state index is -0.950. The lowest BCUT2D eigenvalue weighted by Gasteiger charge is -2.19. The Morgan fingerprint density at radius 3 is 3.00 bits per heavy atom. The van der Waals surface area contributed by atoms with Crippen LogP contribution in [0.3, 0.4) is 0 Å². The number of carboxylic acids is 1. The maximum absolute atomic E-state index is 11.2. The Hall–Kier alpha value is -1.03. The zero-order chi connectivity index (χ0) is 9.84. The van der Waals surface area contributed by atoms with E-state index in [4.69, 9.17) is 16.7 Å². The first kappa shape index (κ1) is 10.1. The SMILES string of the molecule is O=C(O)C1CCC(=O)N1C/C=C/Cl. The van der Waals surface area contributed by atoms with E-state index in [1.165, 1.54) is 10.4 Å². The third kappa shape index (κ3) is 2.21. The van der Waals surface area contributed by atoms with Crippen molar-refractivity contribution in [2.24, 2.45) is 0 Å². The summed E-state index contributed by atoms with van der Waals surface area (Å²) < 4.78 is 0. The van der Waals surface area contributed by atoms with Gasteiger partial charge >= 0.3 is 5.97 Å². The summed E-state index contributed by atoms with van der Waals surface area (Å²) in [5, 5.41) is 8.75. The van der Waals surface area contributed by atoms with Gasteiger partial charge in [0.05, 0.1) is 0 Å². The molecule has 13 heavy (non-hydrogen) atoms. The van der Waals surface area contributed by atoms with E-state index in [0.717, 1.165) is 0 Å². The van der Waals surface area contributed by atoms with Gasteiger partial charge in [0.2, 0.25) is 5.91 Å². The van der Waals surface area contributed by atoms with Crippen molar-refractivity contribution in [3.63, 3.8) is 0 Å². The Kier molecular flexibility index (Phi) is 3.31. The Labute approximate surface area is 80.8 Å². The molecule has 4 nitrogen and oxygen atoms in total. The van der Waals surface area contributed by atoms with Gasteiger partial charge in [0.25, 0.3) is 0 Å². The minimum absolute atomic E-state index is 0.123. The number of carbonyl (C=O) groups is 2. The van der Waals surface area contributed by atoms with E-state index >= 15 is 0 Å². The van der Waals surface area contributed by atoms with Crippen LogP contribution in [0.15, 0.2) is 11.6 Å². The van der Waals surface area contributed by atoms with Gasteiger partial charge in [0.1, 0.15) is 6.04 Å². The van der Waals surface area contributed by atoms with Crippen LogP contribution < -0.4 is 0 Å². The highest BCUT2D eigenvalue weighted by atomic mass is 35.5. The van der Waals surface area contributed by atoms with E-state index in [1.807, 2.05) is 0 Å². The third-order valence-electron chi connectivity index (χ3n) is 2.00. The van der Waals surface area contributed by atoms with E-state index in [1.54, 1.807) is 6.08 Å². The van der Waals surface area contributed by atoms with Gasteiger partial charge in [0.15, 0.2) is 0 Å². The summed E-state index contributed by atoms with van der Waals surface area (Å²) in [5.74, 6) is -1.07. The predicted octanol–water partition coefficient (Wildman–Crippen LogP) is 0.815. The summed E-state index contributed by atoms with van der Waals surface area (Å²) >= 11 is 5.29. The second kappa shape index (κ2) is 4.28. The molecule has 1 aliphatic rings. The second-order valence-corrected chi connectivity index (χ2v) is 3.05. The lowest BCUT2D eigenvalue weighted by molar-refractivity contribution is -0.145. The summed E-state index contributed by atoms with van der Waals surface area (Å²) in [6.07, 6.45) is 2.26. The first-order valence-electron chi connectivity index (χ1n) is 3.94. The highest BCUT2D eigenvalue weighted by Crippen LogP contribution is 2.18. The zero-order valence-corrected chi connectivity index (χ0v) is 7.70. The molecule has 0 bridgehead atoms. The molecule has 5 heteroatoms. The number of carbonyl (C=O) groups excluding carboxylic acids is 1. The monoisotopic (exact) mass is 203 g/mol. The Bertz CT molecular complexity index is 252. The molecule has 0 aromatic heterocycles. The van der Waals surface area contributed by atoms with Crippen LogP contribution in [0.5, 0.6) is 0 Å². The topological polar surface area (TPSA) is 57.6 Å². The lowest BCUT2D eigenvalue weighted by atomic mass is 10.2. The van der Waals surface area contributed by atoms with Crippen LogP contribution in [0.25, 0.3) is 0 Å². The van der Waals surface area contributed by atoms with Gasteiger partial charge in [-0.05, 0) is 6.42 Å². The van der Waals surface area contributed by atoms with E-state index in [9.17, 15) is 9.59 Å². The molecule has 1 rings (SSSR count). The van der Waals surface area contributed by atoms with Gasteiger partial charge < -0.3 is 10.0 Å². The Balaban J connectivity index is 2.65. The summed E-state index contributed by atoms with van der Waals surface area (Å²) in [4.78, 5) is 23.2. The molecule has 1 aliphatic heterocycles. The van der Waals surface area contributed by atoms with Crippen LogP contribution in [0.1, 0.15) is 12.8 Å². The molecule has 1 fully saturated rings. The fourth-order valence-corrected chi connectivity index (χ4v) is 1.45. The van der Waals surface area contributed by atoms with E-state index in [-0.39, 0.29) is 12.5 Å². The van der Waals surface area contributed by atoms with E-state index in [2.05, 4.69) is 0 Å². The van der Waals surface area contributed by atoms with Gasteiger partial charge in [-0.25, -0.2) is 4.79 Å². The molecule has 1 atom stereocenters. The molecule has 0 aromatic carbocycles. The maximum Gasteiger partial charge on any atom is 0.326 e. The summed E-state index contributed by atoms with van der Waals surface area (Å²) in [6.45, 7) is 0.277. The highest BCUT2D eigenvalue weighted by molar-refractivity contribution is 6.25. The molecule has 0 saturated carbocycles. The number of nitrogens with zero attached hydrogens (tertiary/aromatic N) is 1. The number of hydrogen-bond donors (Lipinski definition) is 1. The average molecular weight is 204 g/mol. The minimum Gasteiger partial charge on any atom is -0.480 e. The normalized spacial score (nSPS) is 23.0. The van der Waals surface area contributed by atoms with Gasteiger partial charge in [-0.15, -0.1) is 0 Å². The molecule has 0 aromatic rings. The Morgan fingerprint density at radius 1 is 1.77 bits per heavy atom. The van der Waals surface area contributed by atoms with Crippen LogP contribution in [0.4, 0.5) is 0 Å². The lowest BCUT2D eigenvalue weighted by Crippen LogP contribution is -2.38. The molecule has 1 unspecified atom stereocenters. The van der Waals surface area contributed by atoms with E-state index < -0.39 is 12.0 Å². The number of aliphatic carboxylic acids is 1. The fraction of sp³-hybridized carbons (Fsp3) is 0.500. The summed E-state index contributed by atoms with van der Waals surface area (Å²) in [5.41, 5.74) is 1.28. The quantitative estimate of drug-likeness (QED) is 0.739. The molecule has 72 valence electrons. The molecule has 1 heterocycles. The number of carboxylic acid groups (broad SMARTS) is 1. The van der Waals surface area contributed by atoms with Gasteiger partial charge in [-0.2, -0.15) is 0 Å². The van der Waals surface area contributed by atoms with Gasteiger partial charge in [-0.3, -0.25) is 4.79 Å². The van der Waals surface area contributed by atoms with Gasteiger partial charge in [0, 0.05) is 18.5 Å². The molecule has 0 aliphatic carbocycles. The third-order valence-corrected chi connectivity index (χ3v) is 2.18. The van der Waals surface area contributed by atoms with Crippen molar-refractivity contribution in [3.8, 4) is 0 Å². The van der Waals surface area contributed by atoms with Crippen molar-refractivity contribution in [1.82, 2.24) is 4.90 Å². The molecular formula is C8H10ClNO3. The largest absolute Gasteiger partial charge is 0.480 e. The van der Waals surface area contributed by atoms with Crippen molar-refractivity contribution >= 4 is 23.5 Å². The smallest absolute Gasteiger partial charge is 0.326 e. The molecule has 1 amide bonds. The summed E-state index contributed by atoms with van der Waals surface area (Å²) in [7, 11) is 0. The maximum atomic E-state index is 11.2. The molecule has 0 spiro atoms. The van der Waals surface area contributed by atoms with E-state index in [0.29, 0.717) is 12.8 Å². The number of rotatable bonds is 3. The van der Waals surface area contributed by atoms with Crippen LogP contribution in [-0.4, -0.2) is 34.5 Å². The number of hydrogen-bond acceptors (Lipinski definition) is 2. The fourth-order valence-electron chi connectivity index (χ4n) is 1.37. The van der Waals surface area contributed by atoms with Gasteiger partial charge in [-0.1, -0.05) is 17.7 Å². The van der Waals surface area contributed by atoms with Crippen molar-refractivity contribution in [1.29, 1.82) is 0 Å². The van der Waals surface area contributed by atoms with Crippen LogP contribution >= 0.6 is 11.6 Å². The van der Waals surface area contributed by atoms with Crippen LogP contribution in [0, 0.1) is 0 Å². The Morgan fingerprint density at radius 2 is 2.46 bits per heavy atom. The molecule has 0 radical (unpaired) electrons. The average Bonchev–Trinajstić information content (AvgIpc) is 2.43. The number of amides is 1. The molecule has 1 N–H and O–H groups in total. The van der Waals surface area contributed by atoms with Crippen molar-refractivity contribution in [2.75, 3.05) is 6.54 Å². The number of likely N-dealkylation sites (tertiary alicyclic amines) is 1. The summed E-state index contributed by atoms with van der Waals surface area (Å²) in [6, 6.07) is -0.680. The van der Waals surface area contributed by atoms with Crippen molar-refractivity contribution in [2.45, 2.75) is 18.9 Å². The van der Waals surface area contributed by atoms with Crippen LogP contribution in [-0.2, 0) is 9.59 Å². The standard InChI is InChI=1S/C8H10ClNO3/c9-4-1-5-10-6(8(12)13)2-3-7(10)11/h1,4,6H,2-3,5H2,(H,12,13)/b4-1+. The number of halogens is 1. The predicted molar refractivity (Wildman–Crippen MR) is 47.4 cm³/mol. The second-order valence-electron chi connectivity index (χ2n) is 2.80. The van der Waals surface area contributed by atoms with Crippen molar-refractivity contribution < 1.29 is 14.7 Å². The first-order valence-corrected chi connectivity index (χ1v) is 4.38. The molecule has 1 saturated heterocycles.